The summed E-state index contributed by atoms with van der Waals surface area (Å²) in [6, 6.07) is 5.84. The van der Waals surface area contributed by atoms with Crippen molar-refractivity contribution in [2.45, 2.75) is 25.9 Å². The molecule has 2 N–H and O–H groups in total. The molecule has 20 heavy (non-hydrogen) atoms. The van der Waals surface area contributed by atoms with Crippen molar-refractivity contribution >= 4 is 5.91 Å². The SMILES string of the molecule is CC(Oc1cccc(F)c1)C(=O)N1CCC(CN)CC1. The number of benzene rings is 1. The van der Waals surface area contributed by atoms with Crippen LogP contribution >= 0.6 is 0 Å². The third kappa shape index (κ3) is 3.70. The smallest absolute Gasteiger partial charge is 0.263 e. The number of piperidine rings is 1. The van der Waals surface area contributed by atoms with Crippen molar-refractivity contribution in [1.29, 1.82) is 0 Å². The number of carbonyl (C=O) groups is 1. The lowest BCUT2D eigenvalue weighted by Gasteiger charge is -2.33. The van der Waals surface area contributed by atoms with Crippen LogP contribution in [0.3, 0.4) is 0 Å². The Balaban J connectivity index is 1.89. The van der Waals surface area contributed by atoms with Gasteiger partial charge in [-0.15, -0.1) is 0 Å². The lowest BCUT2D eigenvalue weighted by atomic mass is 9.97. The zero-order chi connectivity index (χ0) is 14.5. The normalized spacial score (nSPS) is 17.9. The molecule has 5 heteroatoms. The van der Waals surface area contributed by atoms with Crippen LogP contribution in [0.2, 0.25) is 0 Å². The van der Waals surface area contributed by atoms with Gasteiger partial charge in [-0.25, -0.2) is 4.39 Å². The summed E-state index contributed by atoms with van der Waals surface area (Å²) >= 11 is 0. The lowest BCUT2D eigenvalue weighted by Crippen LogP contribution is -2.45. The monoisotopic (exact) mass is 280 g/mol. The number of halogens is 1. The molecule has 0 spiro atoms. The van der Waals surface area contributed by atoms with Crippen LogP contribution in [0.5, 0.6) is 5.75 Å². The summed E-state index contributed by atoms with van der Waals surface area (Å²) in [5.41, 5.74) is 5.64. The average Bonchev–Trinajstić information content (AvgIpc) is 2.46. The first kappa shape index (κ1) is 14.8. The number of nitrogens with zero attached hydrogens (tertiary/aromatic N) is 1. The quantitative estimate of drug-likeness (QED) is 0.915. The van der Waals surface area contributed by atoms with Crippen molar-refractivity contribution < 1.29 is 13.9 Å². The second-order valence-corrected chi connectivity index (χ2v) is 5.22. The predicted octanol–water partition coefficient (Wildman–Crippen LogP) is 1.79. The summed E-state index contributed by atoms with van der Waals surface area (Å²) in [7, 11) is 0. The van der Waals surface area contributed by atoms with Gasteiger partial charge < -0.3 is 15.4 Å². The Bertz CT molecular complexity index is 459. The van der Waals surface area contributed by atoms with Crippen LogP contribution in [0.1, 0.15) is 19.8 Å². The lowest BCUT2D eigenvalue weighted by molar-refractivity contribution is -0.139. The van der Waals surface area contributed by atoms with Gasteiger partial charge in [-0.3, -0.25) is 4.79 Å². The van der Waals surface area contributed by atoms with Gasteiger partial charge in [-0.2, -0.15) is 0 Å². The van der Waals surface area contributed by atoms with E-state index in [0.29, 0.717) is 18.2 Å². The first-order chi connectivity index (χ1) is 9.60. The van der Waals surface area contributed by atoms with Crippen LogP contribution in [0.25, 0.3) is 0 Å². The van der Waals surface area contributed by atoms with Crippen molar-refractivity contribution in [3.8, 4) is 5.75 Å². The number of amides is 1. The summed E-state index contributed by atoms with van der Waals surface area (Å²) in [6.45, 7) is 3.81. The van der Waals surface area contributed by atoms with Gasteiger partial charge in [0, 0.05) is 19.2 Å². The molecule has 0 bridgehead atoms. The summed E-state index contributed by atoms with van der Waals surface area (Å²) < 4.78 is 18.6. The molecule has 1 saturated heterocycles. The summed E-state index contributed by atoms with van der Waals surface area (Å²) in [4.78, 5) is 14.1. The van der Waals surface area contributed by atoms with Crippen molar-refractivity contribution in [3.05, 3.63) is 30.1 Å². The van der Waals surface area contributed by atoms with Gasteiger partial charge in [0.2, 0.25) is 0 Å². The Hall–Kier alpha value is -1.62. The van der Waals surface area contributed by atoms with Gasteiger partial charge in [-0.05, 0) is 44.4 Å². The van der Waals surface area contributed by atoms with Gasteiger partial charge in [0.25, 0.3) is 5.91 Å². The number of nitrogens with two attached hydrogens (primary N) is 1. The zero-order valence-electron chi connectivity index (χ0n) is 11.7. The number of rotatable bonds is 4. The highest BCUT2D eigenvalue weighted by atomic mass is 19.1. The molecule has 110 valence electrons. The van der Waals surface area contributed by atoms with E-state index in [1.165, 1.54) is 12.1 Å². The van der Waals surface area contributed by atoms with E-state index in [1.54, 1.807) is 24.0 Å². The Kier molecular flexibility index (Phi) is 4.95. The molecule has 1 aliphatic rings. The van der Waals surface area contributed by atoms with Crippen LogP contribution in [0, 0.1) is 11.7 Å². The molecular formula is C15H21FN2O2. The molecule has 1 aromatic rings. The molecule has 1 aromatic carbocycles. The molecule has 1 unspecified atom stereocenters. The maximum absolute atomic E-state index is 13.1. The van der Waals surface area contributed by atoms with E-state index < -0.39 is 6.10 Å². The third-order valence-electron chi connectivity index (χ3n) is 3.72. The number of carbonyl (C=O) groups excluding carboxylic acids is 1. The molecule has 1 fully saturated rings. The molecule has 0 radical (unpaired) electrons. The number of hydrogen-bond donors (Lipinski definition) is 1. The van der Waals surface area contributed by atoms with Crippen LogP contribution in [-0.2, 0) is 4.79 Å². The summed E-state index contributed by atoms with van der Waals surface area (Å²) in [5, 5.41) is 0. The van der Waals surface area contributed by atoms with Crippen molar-refractivity contribution in [2.24, 2.45) is 11.7 Å². The summed E-state index contributed by atoms with van der Waals surface area (Å²) in [6.07, 6.45) is 1.27. The Morgan fingerprint density at radius 3 is 2.80 bits per heavy atom. The second kappa shape index (κ2) is 6.70. The predicted molar refractivity (Wildman–Crippen MR) is 74.8 cm³/mol. The largest absolute Gasteiger partial charge is 0.481 e. The molecule has 0 saturated carbocycles. The zero-order valence-corrected chi connectivity index (χ0v) is 11.7. The Morgan fingerprint density at radius 1 is 1.50 bits per heavy atom. The van der Waals surface area contributed by atoms with Crippen molar-refractivity contribution in [1.82, 2.24) is 4.90 Å². The van der Waals surface area contributed by atoms with Gasteiger partial charge in [0.05, 0.1) is 0 Å². The molecule has 0 aliphatic carbocycles. The number of hydrogen-bond acceptors (Lipinski definition) is 3. The Labute approximate surface area is 118 Å². The fourth-order valence-corrected chi connectivity index (χ4v) is 2.44. The first-order valence-electron chi connectivity index (χ1n) is 7.01. The van der Waals surface area contributed by atoms with E-state index in [1.807, 2.05) is 0 Å². The first-order valence-corrected chi connectivity index (χ1v) is 7.01. The van der Waals surface area contributed by atoms with E-state index in [9.17, 15) is 9.18 Å². The van der Waals surface area contributed by atoms with Crippen LogP contribution in [0.15, 0.2) is 24.3 Å². The maximum Gasteiger partial charge on any atom is 0.263 e. The fourth-order valence-electron chi connectivity index (χ4n) is 2.44. The van der Waals surface area contributed by atoms with E-state index in [4.69, 9.17) is 10.5 Å². The van der Waals surface area contributed by atoms with Crippen LogP contribution in [0.4, 0.5) is 4.39 Å². The fraction of sp³-hybridized carbons (Fsp3) is 0.533. The molecule has 4 nitrogen and oxygen atoms in total. The number of likely N-dealkylation sites (tertiary alicyclic amines) is 1. The molecule has 1 atom stereocenters. The van der Waals surface area contributed by atoms with Gasteiger partial charge >= 0.3 is 0 Å². The standard InChI is InChI=1S/C15H21FN2O2/c1-11(20-14-4-2-3-13(16)9-14)15(19)18-7-5-12(10-17)6-8-18/h2-4,9,11-12H,5-8,10,17H2,1H3. The van der Waals surface area contributed by atoms with Gasteiger partial charge in [-0.1, -0.05) is 6.07 Å². The van der Waals surface area contributed by atoms with Gasteiger partial charge in [0.1, 0.15) is 11.6 Å². The van der Waals surface area contributed by atoms with Crippen LogP contribution in [-0.4, -0.2) is 36.5 Å². The molecule has 1 amide bonds. The molecular weight excluding hydrogens is 259 g/mol. The van der Waals surface area contributed by atoms with E-state index >= 15 is 0 Å². The summed E-state index contributed by atoms with van der Waals surface area (Å²) in [5.74, 6) is 0.469. The minimum Gasteiger partial charge on any atom is -0.481 e. The minimum atomic E-state index is -0.605. The highest BCUT2D eigenvalue weighted by Gasteiger charge is 2.26. The Morgan fingerprint density at radius 2 is 2.20 bits per heavy atom. The molecule has 1 aliphatic heterocycles. The highest BCUT2D eigenvalue weighted by molar-refractivity contribution is 5.81. The van der Waals surface area contributed by atoms with Crippen LogP contribution < -0.4 is 10.5 Å². The topological polar surface area (TPSA) is 55.6 Å². The minimum absolute atomic E-state index is 0.0512. The third-order valence-corrected chi connectivity index (χ3v) is 3.72. The molecule has 1 heterocycles. The highest BCUT2D eigenvalue weighted by Crippen LogP contribution is 2.19. The average molecular weight is 280 g/mol. The molecule has 0 aromatic heterocycles. The van der Waals surface area contributed by atoms with E-state index in [-0.39, 0.29) is 11.7 Å². The van der Waals surface area contributed by atoms with E-state index in [2.05, 4.69) is 0 Å². The number of ether oxygens (including phenoxy) is 1. The van der Waals surface area contributed by atoms with Crippen molar-refractivity contribution in [3.63, 3.8) is 0 Å². The van der Waals surface area contributed by atoms with E-state index in [0.717, 1.165) is 25.9 Å². The molecule has 2 rings (SSSR count). The second-order valence-electron chi connectivity index (χ2n) is 5.22. The van der Waals surface area contributed by atoms with Crippen molar-refractivity contribution in [2.75, 3.05) is 19.6 Å². The maximum atomic E-state index is 13.1. The van der Waals surface area contributed by atoms with Gasteiger partial charge in [0.15, 0.2) is 6.10 Å².